The molecule has 0 saturated heterocycles. The van der Waals surface area contributed by atoms with Crippen molar-refractivity contribution in [3.8, 4) is 17.0 Å². The molecule has 0 fully saturated rings. The van der Waals surface area contributed by atoms with Gasteiger partial charge >= 0.3 is 0 Å². The van der Waals surface area contributed by atoms with E-state index in [0.717, 1.165) is 0 Å². The van der Waals surface area contributed by atoms with Gasteiger partial charge in [0.25, 0.3) is 5.56 Å². The first-order valence-corrected chi connectivity index (χ1v) is 8.60. The summed E-state index contributed by atoms with van der Waals surface area (Å²) in [6.07, 6.45) is 4.65. The predicted octanol–water partition coefficient (Wildman–Crippen LogP) is 2.72. The lowest BCUT2D eigenvalue weighted by Crippen LogP contribution is -2.26. The molecule has 4 aromatic rings. The van der Waals surface area contributed by atoms with Crippen LogP contribution in [-0.4, -0.2) is 19.1 Å². The summed E-state index contributed by atoms with van der Waals surface area (Å²) in [7, 11) is 0. The summed E-state index contributed by atoms with van der Waals surface area (Å²) in [4.78, 5) is 29.7. The fraction of sp³-hybridized carbons (Fsp3) is 0.0952. The summed E-state index contributed by atoms with van der Waals surface area (Å²) < 4.78 is 16.3. The van der Waals surface area contributed by atoms with Crippen LogP contribution in [0.2, 0.25) is 0 Å². The molecule has 28 heavy (non-hydrogen) atoms. The lowest BCUT2D eigenvalue weighted by atomic mass is 10.1. The zero-order chi connectivity index (χ0) is 19.8. The molecule has 140 valence electrons. The Balaban J connectivity index is 1.94. The van der Waals surface area contributed by atoms with Crippen LogP contribution >= 0.6 is 0 Å². The first-order valence-electron chi connectivity index (χ1n) is 8.60. The highest BCUT2D eigenvalue weighted by atomic mass is 19.1. The van der Waals surface area contributed by atoms with E-state index in [2.05, 4.69) is 4.98 Å². The van der Waals surface area contributed by atoms with E-state index in [9.17, 15) is 19.1 Å². The van der Waals surface area contributed by atoms with Gasteiger partial charge in [-0.25, -0.2) is 4.39 Å². The van der Waals surface area contributed by atoms with E-state index < -0.39 is 22.6 Å². The van der Waals surface area contributed by atoms with E-state index in [-0.39, 0.29) is 17.6 Å². The van der Waals surface area contributed by atoms with Crippen molar-refractivity contribution in [2.45, 2.75) is 13.5 Å². The first kappa shape index (κ1) is 17.7. The molecule has 4 rings (SSSR count). The molecule has 3 aromatic heterocycles. The normalized spacial score (nSPS) is 11.1. The largest absolute Gasteiger partial charge is 0.503 e. The molecule has 7 heteroatoms. The van der Waals surface area contributed by atoms with E-state index in [4.69, 9.17) is 0 Å². The summed E-state index contributed by atoms with van der Waals surface area (Å²) in [5.41, 5.74) is 0.481. The number of aryl methyl sites for hydroxylation is 1. The summed E-state index contributed by atoms with van der Waals surface area (Å²) in [5, 5.41) is 10.5. The Morgan fingerprint density at radius 3 is 2.64 bits per heavy atom. The van der Waals surface area contributed by atoms with Crippen molar-refractivity contribution in [2.75, 3.05) is 0 Å². The van der Waals surface area contributed by atoms with Gasteiger partial charge in [-0.3, -0.25) is 14.6 Å². The van der Waals surface area contributed by atoms with Crippen LogP contribution in [0.25, 0.3) is 16.8 Å². The van der Waals surface area contributed by atoms with Gasteiger partial charge in [0.2, 0.25) is 5.43 Å². The Morgan fingerprint density at radius 1 is 1.11 bits per heavy atom. The van der Waals surface area contributed by atoms with E-state index >= 15 is 0 Å². The van der Waals surface area contributed by atoms with Gasteiger partial charge in [0, 0.05) is 24.3 Å². The van der Waals surface area contributed by atoms with Crippen LogP contribution in [0.4, 0.5) is 4.39 Å². The molecule has 3 heterocycles. The van der Waals surface area contributed by atoms with Gasteiger partial charge in [0.05, 0.1) is 17.8 Å². The van der Waals surface area contributed by atoms with Crippen molar-refractivity contribution in [2.24, 2.45) is 0 Å². The lowest BCUT2D eigenvalue weighted by molar-refractivity contribution is 0.472. The van der Waals surface area contributed by atoms with Gasteiger partial charge < -0.3 is 14.1 Å². The van der Waals surface area contributed by atoms with Crippen LogP contribution in [0.15, 0.2) is 70.6 Å². The third-order valence-corrected chi connectivity index (χ3v) is 4.55. The van der Waals surface area contributed by atoms with Gasteiger partial charge in [-0.2, -0.15) is 0 Å². The monoisotopic (exact) mass is 377 g/mol. The second-order valence-corrected chi connectivity index (χ2v) is 6.49. The molecule has 0 aliphatic rings. The van der Waals surface area contributed by atoms with Crippen LogP contribution in [0, 0.1) is 12.7 Å². The Hall–Kier alpha value is -3.74. The van der Waals surface area contributed by atoms with E-state index in [1.54, 1.807) is 49.6 Å². The van der Waals surface area contributed by atoms with Crippen LogP contribution in [0.3, 0.4) is 0 Å². The van der Waals surface area contributed by atoms with Crippen molar-refractivity contribution in [1.82, 2.24) is 14.0 Å². The zero-order valence-corrected chi connectivity index (χ0v) is 15.0. The van der Waals surface area contributed by atoms with Gasteiger partial charge in [-0.05, 0) is 36.8 Å². The summed E-state index contributed by atoms with van der Waals surface area (Å²) in [6.45, 7) is 1.87. The molecule has 0 bridgehead atoms. The van der Waals surface area contributed by atoms with Crippen molar-refractivity contribution in [1.29, 1.82) is 0 Å². The molecule has 0 saturated carbocycles. The highest BCUT2D eigenvalue weighted by molar-refractivity contribution is 5.68. The van der Waals surface area contributed by atoms with Gasteiger partial charge in [-0.15, -0.1) is 0 Å². The fourth-order valence-electron chi connectivity index (χ4n) is 3.22. The third-order valence-electron chi connectivity index (χ3n) is 4.55. The number of rotatable bonds is 3. The average molecular weight is 377 g/mol. The topological polar surface area (TPSA) is 76.6 Å². The first-order chi connectivity index (χ1) is 13.5. The predicted molar refractivity (Wildman–Crippen MR) is 103 cm³/mol. The molecule has 0 aliphatic heterocycles. The second kappa shape index (κ2) is 6.77. The molecule has 0 spiro atoms. The summed E-state index contributed by atoms with van der Waals surface area (Å²) in [5.74, 6) is -1.04. The number of hydrogen-bond donors (Lipinski definition) is 1. The Morgan fingerprint density at radius 2 is 1.93 bits per heavy atom. The standard InChI is InChI=1S/C21H16FN3O3/c1-13-10-24(11-14-5-4-6-15(22)9-14)21(28)18-20(27)19(26)16(12-25(13)18)17-7-2-3-8-23-17/h2-10,12,27H,11H2,1H3. The van der Waals surface area contributed by atoms with E-state index in [1.807, 2.05) is 0 Å². The van der Waals surface area contributed by atoms with Crippen molar-refractivity contribution in [3.05, 3.63) is 98.7 Å². The molecule has 1 aromatic carbocycles. The fourth-order valence-corrected chi connectivity index (χ4v) is 3.22. The number of aromatic nitrogens is 3. The number of nitrogens with zero attached hydrogens (tertiary/aromatic N) is 3. The Bertz CT molecular complexity index is 1310. The number of halogens is 1. The van der Waals surface area contributed by atoms with Crippen molar-refractivity contribution >= 4 is 5.52 Å². The van der Waals surface area contributed by atoms with Crippen LogP contribution in [-0.2, 0) is 6.54 Å². The summed E-state index contributed by atoms with van der Waals surface area (Å²) >= 11 is 0. The van der Waals surface area contributed by atoms with Gasteiger partial charge in [-0.1, -0.05) is 18.2 Å². The maximum atomic E-state index is 13.4. The molecule has 0 amide bonds. The number of benzene rings is 1. The molecule has 0 unspecified atom stereocenters. The third kappa shape index (κ3) is 2.96. The Labute approximate surface area is 158 Å². The SMILES string of the molecule is Cc1cn(Cc2cccc(F)c2)c(=O)c2c(O)c(=O)c(-c3ccccn3)cn12. The number of pyridine rings is 2. The van der Waals surface area contributed by atoms with Crippen LogP contribution in [0.1, 0.15) is 11.3 Å². The molecule has 0 aliphatic carbocycles. The number of aromatic hydroxyl groups is 1. The highest BCUT2D eigenvalue weighted by Crippen LogP contribution is 2.19. The molecular weight excluding hydrogens is 361 g/mol. The maximum absolute atomic E-state index is 13.4. The zero-order valence-electron chi connectivity index (χ0n) is 15.0. The minimum absolute atomic E-state index is 0.115. The minimum atomic E-state index is -0.668. The minimum Gasteiger partial charge on any atom is -0.503 e. The number of hydrogen-bond acceptors (Lipinski definition) is 4. The lowest BCUT2D eigenvalue weighted by Gasteiger charge is -2.14. The van der Waals surface area contributed by atoms with E-state index in [1.165, 1.54) is 27.3 Å². The molecule has 0 atom stereocenters. The average Bonchev–Trinajstić information content (AvgIpc) is 2.68. The van der Waals surface area contributed by atoms with Crippen molar-refractivity contribution < 1.29 is 9.50 Å². The van der Waals surface area contributed by atoms with Gasteiger partial charge in [0.15, 0.2) is 11.3 Å². The van der Waals surface area contributed by atoms with Crippen LogP contribution in [0.5, 0.6) is 5.75 Å². The Kier molecular flexibility index (Phi) is 4.27. The number of fused-ring (bicyclic) bond motifs is 1. The van der Waals surface area contributed by atoms with Crippen LogP contribution < -0.4 is 11.0 Å². The molecule has 1 N–H and O–H groups in total. The maximum Gasteiger partial charge on any atom is 0.279 e. The summed E-state index contributed by atoms with van der Waals surface area (Å²) in [6, 6.07) is 11.0. The van der Waals surface area contributed by atoms with Crippen molar-refractivity contribution in [3.63, 3.8) is 0 Å². The molecular formula is C21H16FN3O3. The molecule has 6 nitrogen and oxygen atoms in total. The highest BCUT2D eigenvalue weighted by Gasteiger charge is 2.17. The second-order valence-electron chi connectivity index (χ2n) is 6.49. The van der Waals surface area contributed by atoms with E-state index in [0.29, 0.717) is 17.0 Å². The quantitative estimate of drug-likeness (QED) is 0.596. The smallest absolute Gasteiger partial charge is 0.279 e. The molecule has 0 radical (unpaired) electrons. The van der Waals surface area contributed by atoms with Gasteiger partial charge in [0.1, 0.15) is 5.82 Å².